The Hall–Kier alpha value is -1.08. The van der Waals surface area contributed by atoms with E-state index in [4.69, 9.17) is 0 Å². The molecule has 0 aliphatic heterocycles. The minimum absolute atomic E-state index is 0.666. The fraction of sp³-hybridized carbons (Fsp3) is 0.400. The van der Waals surface area contributed by atoms with Crippen LogP contribution in [0.5, 0.6) is 0 Å². The average Bonchev–Trinajstić information content (AvgIpc) is 2.55. The van der Waals surface area contributed by atoms with E-state index in [-0.39, 0.29) is 0 Å². The molecule has 1 unspecified atom stereocenters. The number of hydrogen-bond acceptors (Lipinski definition) is 0. The summed E-state index contributed by atoms with van der Waals surface area (Å²) in [5, 5.41) is 1.14. The summed E-state index contributed by atoms with van der Waals surface area (Å²) in [6.45, 7) is 2.35. The third kappa shape index (κ3) is 5.32. The van der Waals surface area contributed by atoms with Gasteiger partial charge in [0.25, 0.3) is 0 Å². The van der Waals surface area contributed by atoms with Gasteiger partial charge in [0.1, 0.15) is 0 Å². The van der Waals surface area contributed by atoms with E-state index in [1.807, 2.05) is 0 Å². The van der Waals surface area contributed by atoms with Crippen molar-refractivity contribution in [1.29, 1.82) is 0 Å². The van der Waals surface area contributed by atoms with Crippen molar-refractivity contribution in [3.05, 3.63) is 60.2 Å². The van der Waals surface area contributed by atoms with E-state index in [2.05, 4.69) is 77.5 Å². The highest BCUT2D eigenvalue weighted by atomic mass is 79.9. The van der Waals surface area contributed by atoms with Crippen molar-refractivity contribution in [2.75, 3.05) is 5.33 Å². The van der Waals surface area contributed by atoms with E-state index < -0.39 is 0 Å². The lowest BCUT2D eigenvalue weighted by Gasteiger charge is -2.12. The Morgan fingerprint density at radius 3 is 2.05 bits per heavy atom. The molecule has 0 N–H and O–H groups in total. The molecule has 0 aliphatic rings. The Kier molecular flexibility index (Phi) is 7.02. The predicted molar refractivity (Wildman–Crippen MR) is 97.2 cm³/mol. The van der Waals surface area contributed by atoms with Crippen LogP contribution in [0.2, 0.25) is 0 Å². The zero-order chi connectivity index (χ0) is 14.9. The summed E-state index contributed by atoms with van der Waals surface area (Å²) in [5.74, 6) is 0.666. The van der Waals surface area contributed by atoms with Crippen LogP contribution in [0, 0.1) is 0 Å². The second kappa shape index (κ2) is 9.04. The molecule has 1 heteroatoms. The van der Waals surface area contributed by atoms with Crippen LogP contribution in [0.25, 0.3) is 11.1 Å². The number of halogens is 1. The maximum Gasteiger partial charge on any atom is 0.00313 e. The van der Waals surface area contributed by atoms with E-state index in [1.54, 1.807) is 0 Å². The lowest BCUT2D eigenvalue weighted by Crippen LogP contribution is -1.94. The van der Waals surface area contributed by atoms with Crippen LogP contribution in [0.1, 0.15) is 50.5 Å². The van der Waals surface area contributed by atoms with Gasteiger partial charge < -0.3 is 0 Å². The van der Waals surface area contributed by atoms with Gasteiger partial charge >= 0.3 is 0 Å². The minimum atomic E-state index is 0.666. The molecule has 0 saturated heterocycles. The number of hydrogen-bond donors (Lipinski definition) is 0. The monoisotopic (exact) mass is 344 g/mol. The van der Waals surface area contributed by atoms with Crippen LogP contribution in [-0.4, -0.2) is 5.33 Å². The van der Waals surface area contributed by atoms with Crippen molar-refractivity contribution in [2.45, 2.75) is 44.9 Å². The molecule has 0 nitrogen and oxygen atoms in total. The first-order valence-electron chi connectivity index (χ1n) is 8.02. The predicted octanol–water partition coefficient (Wildman–Crippen LogP) is 6.80. The highest BCUT2D eigenvalue weighted by molar-refractivity contribution is 9.09. The summed E-state index contributed by atoms with van der Waals surface area (Å²) >= 11 is 3.49. The molecule has 0 saturated carbocycles. The first-order chi connectivity index (χ1) is 10.3. The summed E-state index contributed by atoms with van der Waals surface area (Å²) in [6.07, 6.45) is 6.66. The quantitative estimate of drug-likeness (QED) is 0.364. The Balaban J connectivity index is 1.87. The normalized spacial score (nSPS) is 12.3. The van der Waals surface area contributed by atoms with Crippen molar-refractivity contribution >= 4 is 15.9 Å². The van der Waals surface area contributed by atoms with Crippen molar-refractivity contribution in [3.8, 4) is 11.1 Å². The second-order valence-corrected chi connectivity index (χ2v) is 6.57. The van der Waals surface area contributed by atoms with Crippen LogP contribution >= 0.6 is 15.9 Å². The van der Waals surface area contributed by atoms with Gasteiger partial charge in [0.2, 0.25) is 0 Å². The summed E-state index contributed by atoms with van der Waals surface area (Å²) in [7, 11) is 0. The smallest absolute Gasteiger partial charge is 0.00313 e. The fourth-order valence-electron chi connectivity index (χ4n) is 2.70. The van der Waals surface area contributed by atoms with Crippen LogP contribution in [0.4, 0.5) is 0 Å². The molecule has 0 heterocycles. The van der Waals surface area contributed by atoms with Crippen molar-refractivity contribution in [3.63, 3.8) is 0 Å². The van der Waals surface area contributed by atoms with Gasteiger partial charge in [-0.2, -0.15) is 0 Å². The van der Waals surface area contributed by atoms with E-state index in [0.717, 1.165) is 5.33 Å². The van der Waals surface area contributed by atoms with E-state index in [0.29, 0.717) is 5.92 Å². The van der Waals surface area contributed by atoms with Crippen molar-refractivity contribution < 1.29 is 0 Å². The first kappa shape index (κ1) is 16.3. The summed E-state index contributed by atoms with van der Waals surface area (Å²) in [5.41, 5.74) is 4.07. The molecule has 0 fully saturated rings. The topological polar surface area (TPSA) is 0 Å². The third-order valence-electron chi connectivity index (χ3n) is 4.11. The van der Waals surface area contributed by atoms with Gasteiger partial charge in [-0.15, -0.1) is 0 Å². The van der Waals surface area contributed by atoms with Gasteiger partial charge in [-0.1, -0.05) is 96.7 Å². The molecule has 0 amide bonds. The van der Waals surface area contributed by atoms with Gasteiger partial charge in [-0.25, -0.2) is 0 Å². The maximum absolute atomic E-state index is 3.49. The molecule has 0 radical (unpaired) electrons. The highest BCUT2D eigenvalue weighted by Gasteiger charge is 2.05. The lowest BCUT2D eigenvalue weighted by molar-refractivity contribution is 0.582. The first-order valence-corrected chi connectivity index (χ1v) is 9.15. The minimum Gasteiger partial charge on any atom is -0.0928 e. The third-order valence-corrected chi connectivity index (χ3v) is 4.67. The second-order valence-electron chi connectivity index (χ2n) is 5.78. The number of alkyl halides is 1. The van der Waals surface area contributed by atoms with Crippen LogP contribution in [0.3, 0.4) is 0 Å². The largest absolute Gasteiger partial charge is 0.0928 e. The molecular formula is C20H25Br. The highest BCUT2D eigenvalue weighted by Crippen LogP contribution is 2.25. The SMILES string of the molecule is CC(CCCCCCBr)c1ccc(-c2ccccc2)cc1. The molecule has 0 aromatic heterocycles. The summed E-state index contributed by atoms with van der Waals surface area (Å²) in [4.78, 5) is 0. The van der Waals surface area contributed by atoms with Crippen LogP contribution in [0.15, 0.2) is 54.6 Å². The molecule has 21 heavy (non-hydrogen) atoms. The molecule has 0 bridgehead atoms. The Morgan fingerprint density at radius 1 is 0.762 bits per heavy atom. The summed E-state index contributed by atoms with van der Waals surface area (Å²) in [6, 6.07) is 19.7. The molecule has 2 aromatic carbocycles. The number of benzene rings is 2. The van der Waals surface area contributed by atoms with Crippen molar-refractivity contribution in [1.82, 2.24) is 0 Å². The van der Waals surface area contributed by atoms with Crippen LogP contribution in [-0.2, 0) is 0 Å². The standard InChI is InChI=1S/C20H25Br/c1-17(9-5-2-3-8-16-21)18-12-14-20(15-13-18)19-10-6-4-7-11-19/h4,6-7,10-15,17H,2-3,5,8-9,16H2,1H3. The maximum atomic E-state index is 3.49. The van der Waals surface area contributed by atoms with Gasteiger partial charge in [-0.3, -0.25) is 0 Å². The molecule has 1 atom stereocenters. The fourth-order valence-corrected chi connectivity index (χ4v) is 3.10. The molecule has 112 valence electrons. The van der Waals surface area contributed by atoms with Gasteiger partial charge in [0.05, 0.1) is 0 Å². The Morgan fingerprint density at radius 2 is 1.38 bits per heavy atom. The summed E-state index contributed by atoms with van der Waals surface area (Å²) < 4.78 is 0. The molecular weight excluding hydrogens is 320 g/mol. The lowest BCUT2D eigenvalue weighted by atomic mass is 9.93. The number of rotatable bonds is 8. The van der Waals surface area contributed by atoms with Crippen LogP contribution < -0.4 is 0 Å². The molecule has 2 aromatic rings. The van der Waals surface area contributed by atoms with Gasteiger partial charge in [0.15, 0.2) is 0 Å². The van der Waals surface area contributed by atoms with E-state index in [1.165, 1.54) is 48.8 Å². The zero-order valence-corrected chi connectivity index (χ0v) is 14.5. The van der Waals surface area contributed by atoms with E-state index in [9.17, 15) is 0 Å². The average molecular weight is 345 g/mol. The number of unbranched alkanes of at least 4 members (excludes halogenated alkanes) is 3. The van der Waals surface area contributed by atoms with E-state index >= 15 is 0 Å². The molecule has 0 aliphatic carbocycles. The van der Waals surface area contributed by atoms with Gasteiger partial charge in [0, 0.05) is 5.33 Å². The Labute approximate surface area is 137 Å². The Bertz CT molecular complexity index is 501. The van der Waals surface area contributed by atoms with Crippen molar-refractivity contribution in [2.24, 2.45) is 0 Å². The zero-order valence-electron chi connectivity index (χ0n) is 12.9. The molecule has 2 rings (SSSR count). The van der Waals surface area contributed by atoms with Gasteiger partial charge in [-0.05, 0) is 35.4 Å². The molecule has 0 spiro atoms.